The van der Waals surface area contributed by atoms with Gasteiger partial charge < -0.3 is 9.47 Å². The summed E-state index contributed by atoms with van der Waals surface area (Å²) in [6, 6.07) is 0. The summed E-state index contributed by atoms with van der Waals surface area (Å²) in [6.45, 7) is 5.44. The first kappa shape index (κ1) is 53.8. The summed E-state index contributed by atoms with van der Waals surface area (Å²) >= 11 is 8.27. The van der Waals surface area contributed by atoms with E-state index >= 15 is 0 Å². The molecule has 0 aromatic rings. The third-order valence-corrected chi connectivity index (χ3v) is 9.04. The van der Waals surface area contributed by atoms with Gasteiger partial charge in [-0.15, -0.1) is 0 Å². The van der Waals surface area contributed by atoms with Crippen molar-refractivity contribution in [2.24, 2.45) is 0 Å². The van der Waals surface area contributed by atoms with E-state index in [1.807, 2.05) is 0 Å². The van der Waals surface area contributed by atoms with Crippen molar-refractivity contribution in [3.8, 4) is 0 Å². The second-order valence-electron chi connectivity index (χ2n) is 13.8. The van der Waals surface area contributed by atoms with E-state index in [0.717, 1.165) is 25.7 Å². The molecule has 0 saturated carbocycles. The first-order valence-electron chi connectivity index (χ1n) is 21.1. The Hall–Kier alpha value is 0.439. The standard InChI is InChI=1S/2C20H40O2S.2CH3.Sn/c2*1-2-3-4-5-6-7-8-9-10-11-12-13-14-15-16-17-20(21)22-18-19-23;;;/h2*23H,2-19H2,1H3;2*1H3;. The van der Waals surface area contributed by atoms with E-state index in [1.165, 1.54) is 167 Å². The summed E-state index contributed by atoms with van der Waals surface area (Å²) in [5.41, 5.74) is 0. The van der Waals surface area contributed by atoms with Crippen LogP contribution >= 0.6 is 25.3 Å². The van der Waals surface area contributed by atoms with E-state index in [1.54, 1.807) is 0 Å². The number of hydrogen-bond acceptors (Lipinski definition) is 6. The van der Waals surface area contributed by atoms with Gasteiger partial charge in [0.25, 0.3) is 0 Å². The maximum atomic E-state index is 11.3. The van der Waals surface area contributed by atoms with Crippen LogP contribution in [0.4, 0.5) is 0 Å². The van der Waals surface area contributed by atoms with Crippen molar-refractivity contribution in [1.29, 1.82) is 0 Å². The average Bonchev–Trinajstić information content (AvgIpc) is 3.10. The molecule has 7 heteroatoms. The van der Waals surface area contributed by atoms with Crippen LogP contribution in [0.1, 0.15) is 219 Å². The Kier molecular flexibility index (Phi) is 58.0. The number of hydrogen-bond donors (Lipinski definition) is 2. The fourth-order valence-electron chi connectivity index (χ4n) is 5.74. The van der Waals surface area contributed by atoms with Crippen molar-refractivity contribution < 1.29 is 19.1 Å². The monoisotopic (exact) mass is 838 g/mol. The van der Waals surface area contributed by atoms with Gasteiger partial charge in [0.05, 0.1) is 0 Å². The summed E-state index contributed by atoms with van der Waals surface area (Å²) < 4.78 is 9.99. The molecular weight excluding hydrogens is 751 g/mol. The molecule has 4 nitrogen and oxygen atoms in total. The number of carbonyl (C=O) groups excluding carboxylic acids is 2. The number of thiol groups is 2. The molecule has 0 aromatic heterocycles. The zero-order valence-electron chi connectivity index (χ0n) is 33.5. The fraction of sp³-hybridized carbons (Fsp3) is 0.952. The zero-order valence-corrected chi connectivity index (χ0v) is 38.1. The van der Waals surface area contributed by atoms with E-state index in [4.69, 9.17) is 9.47 Å². The molecule has 2 radical (unpaired) electrons. The third kappa shape index (κ3) is 58.0. The van der Waals surface area contributed by atoms with Gasteiger partial charge in [0.15, 0.2) is 0 Å². The van der Waals surface area contributed by atoms with E-state index < -0.39 is 0 Å². The molecule has 0 fully saturated rings. The van der Waals surface area contributed by atoms with Crippen LogP contribution in [-0.2, 0) is 19.1 Å². The number of carbonyl (C=O) groups is 2. The van der Waals surface area contributed by atoms with Crippen LogP contribution in [0, 0.1) is 0 Å². The van der Waals surface area contributed by atoms with Crippen molar-refractivity contribution in [3.05, 3.63) is 0 Å². The van der Waals surface area contributed by atoms with Gasteiger partial charge in [0, 0.05) is 24.3 Å². The number of unbranched alkanes of at least 4 members (excludes halogenated alkanes) is 28. The Labute approximate surface area is 329 Å². The van der Waals surface area contributed by atoms with Crippen molar-refractivity contribution in [2.45, 2.75) is 229 Å². The predicted octanol–water partition coefficient (Wildman–Crippen LogP) is 14.2. The molecule has 0 aliphatic heterocycles. The van der Waals surface area contributed by atoms with Gasteiger partial charge in [-0.1, -0.05) is 194 Å². The zero-order chi connectivity index (χ0) is 36.7. The van der Waals surface area contributed by atoms with Crippen molar-refractivity contribution in [1.82, 2.24) is 0 Å². The topological polar surface area (TPSA) is 52.6 Å². The maximum absolute atomic E-state index is 11.3. The Morgan fingerprint density at radius 1 is 0.388 bits per heavy atom. The third-order valence-electron chi connectivity index (χ3n) is 8.68. The van der Waals surface area contributed by atoms with Crippen molar-refractivity contribution in [3.63, 3.8) is 0 Å². The van der Waals surface area contributed by atoms with E-state index in [9.17, 15) is 9.59 Å². The Balaban J connectivity index is -0.000000798. The summed E-state index contributed by atoms with van der Waals surface area (Å²) in [7, 11) is 0. The summed E-state index contributed by atoms with van der Waals surface area (Å²) in [5, 5.41) is 0. The van der Waals surface area contributed by atoms with E-state index in [0.29, 0.717) is 37.6 Å². The van der Waals surface area contributed by atoms with Gasteiger partial charge in [-0.3, -0.25) is 9.59 Å². The number of ether oxygens (including phenoxy) is 2. The van der Waals surface area contributed by atoms with Gasteiger partial charge in [-0.05, 0) is 12.8 Å². The first-order chi connectivity index (χ1) is 24.0. The Morgan fingerprint density at radius 3 is 0.755 bits per heavy atom. The molecule has 0 spiro atoms. The van der Waals surface area contributed by atoms with Gasteiger partial charge in [0.1, 0.15) is 13.2 Å². The van der Waals surface area contributed by atoms with Crippen LogP contribution < -0.4 is 0 Å². The van der Waals surface area contributed by atoms with Crippen LogP contribution in [0.5, 0.6) is 0 Å². The van der Waals surface area contributed by atoms with Crippen molar-refractivity contribution in [2.75, 3.05) is 24.7 Å². The predicted molar refractivity (Wildman–Crippen MR) is 226 cm³/mol. The second kappa shape index (κ2) is 52.8. The minimum atomic E-state index is -0.0613. The molecule has 0 aliphatic carbocycles. The van der Waals surface area contributed by atoms with Crippen LogP contribution in [0.15, 0.2) is 0 Å². The molecule has 294 valence electrons. The van der Waals surface area contributed by atoms with Gasteiger partial charge in [-0.2, -0.15) is 25.3 Å². The Morgan fingerprint density at radius 2 is 0.571 bits per heavy atom. The SMILES string of the molecule is CCCCCCCCCCCCCCCCCC(=O)OCCS.CCCCCCCCCCCCCCCCCC(=O)OCCS.[CH3][Sn][CH3]. The summed E-state index contributed by atoms with van der Waals surface area (Å²) in [4.78, 5) is 27.1. The van der Waals surface area contributed by atoms with E-state index in [2.05, 4.69) is 49.0 Å². The molecule has 0 atom stereocenters. The molecule has 0 bridgehead atoms. The molecule has 0 amide bonds. The fourth-order valence-corrected chi connectivity index (χ4v) is 5.93. The van der Waals surface area contributed by atoms with Gasteiger partial charge >= 0.3 is 43.0 Å². The van der Waals surface area contributed by atoms with Gasteiger partial charge in [0.2, 0.25) is 0 Å². The van der Waals surface area contributed by atoms with E-state index in [-0.39, 0.29) is 33.1 Å². The second-order valence-corrected chi connectivity index (χ2v) is 17.5. The molecule has 0 aliphatic rings. The average molecular weight is 838 g/mol. The van der Waals surface area contributed by atoms with Crippen LogP contribution in [0.25, 0.3) is 0 Å². The molecule has 0 heterocycles. The molecule has 0 aromatic carbocycles. The normalized spacial score (nSPS) is 10.6. The Bertz CT molecular complexity index is 559. The molecule has 49 heavy (non-hydrogen) atoms. The molecule has 0 unspecified atom stereocenters. The van der Waals surface area contributed by atoms with Crippen LogP contribution in [0.2, 0.25) is 9.88 Å². The number of esters is 2. The van der Waals surface area contributed by atoms with Gasteiger partial charge in [-0.25, -0.2) is 0 Å². The van der Waals surface area contributed by atoms with Crippen molar-refractivity contribution >= 4 is 58.3 Å². The van der Waals surface area contributed by atoms with Crippen LogP contribution in [-0.4, -0.2) is 57.8 Å². The number of rotatable bonds is 36. The molecule has 0 saturated heterocycles. The van der Waals surface area contributed by atoms with Crippen LogP contribution in [0.3, 0.4) is 0 Å². The molecule has 0 N–H and O–H groups in total. The quantitative estimate of drug-likeness (QED) is 0.0286. The summed E-state index contributed by atoms with van der Waals surface area (Å²) in [5.74, 6) is 1.11. The molecule has 0 rings (SSSR count). The first-order valence-corrected chi connectivity index (χ1v) is 28.1. The molecular formula is C42H86O4S2Sn. The minimum absolute atomic E-state index is 0.0613. The summed E-state index contributed by atoms with van der Waals surface area (Å²) in [6.07, 6.45) is 41.6.